The third-order valence-electron chi connectivity index (χ3n) is 2.90. The zero-order valence-electron chi connectivity index (χ0n) is 11.6. The molecule has 0 bridgehead atoms. The molecule has 2 rings (SSSR count). The second-order valence-electron chi connectivity index (χ2n) is 5.04. The normalized spacial score (nSPS) is 12.4. The number of benzene rings is 2. The van der Waals surface area contributed by atoms with Crippen molar-refractivity contribution in [3.63, 3.8) is 0 Å². The lowest BCUT2D eigenvalue weighted by Crippen LogP contribution is -2.06. The summed E-state index contributed by atoms with van der Waals surface area (Å²) in [4.78, 5) is 0. The van der Waals surface area contributed by atoms with Crippen LogP contribution in [0.25, 0.3) is 0 Å². The van der Waals surface area contributed by atoms with E-state index >= 15 is 0 Å². The van der Waals surface area contributed by atoms with Crippen molar-refractivity contribution < 1.29 is 4.74 Å². The third kappa shape index (κ3) is 4.53. The van der Waals surface area contributed by atoms with E-state index in [1.165, 1.54) is 5.56 Å². The van der Waals surface area contributed by atoms with E-state index < -0.39 is 0 Å². The summed E-state index contributed by atoms with van der Waals surface area (Å²) in [6.07, 6.45) is 0.968. The molecule has 0 aliphatic carbocycles. The van der Waals surface area contributed by atoms with E-state index in [1.54, 1.807) is 0 Å². The quantitative estimate of drug-likeness (QED) is 0.621. The van der Waals surface area contributed by atoms with Crippen molar-refractivity contribution in [1.29, 1.82) is 0 Å². The lowest BCUT2D eigenvalue weighted by atomic mass is 10.0. The molecule has 0 aromatic heterocycles. The summed E-state index contributed by atoms with van der Waals surface area (Å²) in [6, 6.07) is 16.3. The highest BCUT2D eigenvalue weighted by molar-refractivity contribution is 9.10. The molecule has 1 unspecified atom stereocenters. The average Bonchev–Trinajstić information content (AvgIpc) is 2.38. The first-order valence-corrected chi connectivity index (χ1v) is 7.92. The number of hydrogen-bond donors (Lipinski definition) is 0. The minimum absolute atomic E-state index is 0.0555. The van der Waals surface area contributed by atoms with Crippen LogP contribution >= 0.6 is 27.5 Å². The number of halogens is 2. The first-order chi connectivity index (χ1) is 9.54. The molecule has 3 heteroatoms. The number of alkyl halides is 1. The van der Waals surface area contributed by atoms with Crippen LogP contribution in [0.1, 0.15) is 30.4 Å². The van der Waals surface area contributed by atoms with Gasteiger partial charge in [-0.15, -0.1) is 11.6 Å². The van der Waals surface area contributed by atoms with Crippen LogP contribution in [0.15, 0.2) is 53.0 Å². The van der Waals surface area contributed by atoms with Crippen molar-refractivity contribution in [2.24, 2.45) is 0 Å². The predicted molar refractivity (Wildman–Crippen MR) is 88.6 cm³/mol. The molecule has 0 aliphatic rings. The molecular weight excluding hydrogens is 336 g/mol. The molecule has 2 aromatic rings. The lowest BCUT2D eigenvalue weighted by Gasteiger charge is -2.14. The molecule has 106 valence electrons. The van der Waals surface area contributed by atoms with Gasteiger partial charge < -0.3 is 4.74 Å². The van der Waals surface area contributed by atoms with Gasteiger partial charge in [0.15, 0.2) is 0 Å². The Labute approximate surface area is 134 Å². The minimum Gasteiger partial charge on any atom is -0.491 e. The van der Waals surface area contributed by atoms with Crippen LogP contribution < -0.4 is 4.74 Å². The van der Waals surface area contributed by atoms with Crippen molar-refractivity contribution in [3.05, 3.63) is 64.1 Å². The van der Waals surface area contributed by atoms with Crippen molar-refractivity contribution in [2.75, 3.05) is 0 Å². The maximum atomic E-state index is 6.53. The van der Waals surface area contributed by atoms with E-state index in [0.717, 1.165) is 22.2 Å². The van der Waals surface area contributed by atoms with E-state index in [9.17, 15) is 0 Å². The van der Waals surface area contributed by atoms with Gasteiger partial charge in [0.05, 0.1) is 11.5 Å². The molecule has 1 nitrogen and oxygen atoms in total. The van der Waals surface area contributed by atoms with Gasteiger partial charge in [-0.25, -0.2) is 0 Å². The monoisotopic (exact) mass is 352 g/mol. The summed E-state index contributed by atoms with van der Waals surface area (Å²) >= 11 is 10.0. The number of hydrogen-bond acceptors (Lipinski definition) is 1. The summed E-state index contributed by atoms with van der Waals surface area (Å²) in [5.41, 5.74) is 2.30. The lowest BCUT2D eigenvalue weighted by molar-refractivity contribution is 0.242. The van der Waals surface area contributed by atoms with E-state index in [0.29, 0.717) is 0 Å². The molecule has 0 amide bonds. The minimum atomic E-state index is -0.0555. The Hall–Kier alpha value is -0.990. The van der Waals surface area contributed by atoms with Crippen molar-refractivity contribution in [1.82, 2.24) is 0 Å². The summed E-state index contributed by atoms with van der Waals surface area (Å²) in [5, 5.41) is -0.0555. The Bertz CT molecular complexity index is 568. The van der Waals surface area contributed by atoms with Gasteiger partial charge in [-0.05, 0) is 55.7 Å². The van der Waals surface area contributed by atoms with E-state index in [-0.39, 0.29) is 11.5 Å². The van der Waals surface area contributed by atoms with E-state index in [2.05, 4.69) is 28.1 Å². The van der Waals surface area contributed by atoms with Gasteiger partial charge in [0.2, 0.25) is 0 Å². The molecule has 0 aliphatic heterocycles. The maximum Gasteiger partial charge on any atom is 0.120 e. The molecule has 0 saturated heterocycles. The molecule has 2 aromatic carbocycles. The highest BCUT2D eigenvalue weighted by Gasteiger charge is 2.10. The fourth-order valence-electron chi connectivity index (χ4n) is 2.04. The zero-order chi connectivity index (χ0) is 14.5. The third-order valence-corrected chi connectivity index (χ3v) is 3.80. The van der Waals surface area contributed by atoms with Gasteiger partial charge >= 0.3 is 0 Å². The van der Waals surface area contributed by atoms with Crippen LogP contribution in [0.3, 0.4) is 0 Å². The summed E-state index contributed by atoms with van der Waals surface area (Å²) in [6.45, 7) is 4.04. The van der Waals surface area contributed by atoms with Crippen LogP contribution in [0.2, 0.25) is 0 Å². The standard InChI is InChI=1S/C17H18BrClO/c1-12(2)20-16-8-4-6-14(11-16)17(19)10-13-5-3-7-15(18)9-13/h3-9,11-12,17H,10H2,1-2H3. The van der Waals surface area contributed by atoms with Gasteiger partial charge in [0.25, 0.3) is 0 Å². The van der Waals surface area contributed by atoms with Gasteiger partial charge in [0, 0.05) is 4.47 Å². The molecule has 0 saturated carbocycles. The molecule has 1 atom stereocenters. The second-order valence-corrected chi connectivity index (χ2v) is 6.48. The van der Waals surface area contributed by atoms with Gasteiger partial charge in [-0.3, -0.25) is 0 Å². The Morgan fingerprint density at radius 1 is 1.10 bits per heavy atom. The van der Waals surface area contributed by atoms with Crippen molar-refractivity contribution >= 4 is 27.5 Å². The van der Waals surface area contributed by atoms with Crippen LogP contribution in [-0.2, 0) is 6.42 Å². The van der Waals surface area contributed by atoms with Gasteiger partial charge in [-0.1, -0.05) is 40.2 Å². The van der Waals surface area contributed by atoms with Gasteiger partial charge in [0.1, 0.15) is 5.75 Å². The first-order valence-electron chi connectivity index (χ1n) is 6.69. The van der Waals surface area contributed by atoms with Crippen LogP contribution in [0.5, 0.6) is 5.75 Å². The van der Waals surface area contributed by atoms with E-state index in [1.807, 2.05) is 50.2 Å². The van der Waals surface area contributed by atoms with Crippen LogP contribution in [0.4, 0.5) is 0 Å². The first kappa shape index (κ1) is 15.4. The van der Waals surface area contributed by atoms with Crippen molar-refractivity contribution in [2.45, 2.75) is 31.7 Å². The highest BCUT2D eigenvalue weighted by Crippen LogP contribution is 2.28. The fourth-order valence-corrected chi connectivity index (χ4v) is 2.80. The Morgan fingerprint density at radius 2 is 1.85 bits per heavy atom. The average molecular weight is 354 g/mol. The fraction of sp³-hybridized carbons (Fsp3) is 0.294. The smallest absolute Gasteiger partial charge is 0.120 e. The number of ether oxygens (including phenoxy) is 1. The molecule has 0 radical (unpaired) electrons. The highest BCUT2D eigenvalue weighted by atomic mass is 79.9. The maximum absolute atomic E-state index is 6.53. The topological polar surface area (TPSA) is 9.23 Å². The second kappa shape index (κ2) is 7.14. The molecule has 20 heavy (non-hydrogen) atoms. The van der Waals surface area contributed by atoms with Crippen LogP contribution in [-0.4, -0.2) is 6.10 Å². The molecule has 0 fully saturated rings. The van der Waals surface area contributed by atoms with E-state index in [4.69, 9.17) is 16.3 Å². The predicted octanol–water partition coefficient (Wildman–Crippen LogP) is 5.76. The van der Waals surface area contributed by atoms with Gasteiger partial charge in [-0.2, -0.15) is 0 Å². The largest absolute Gasteiger partial charge is 0.491 e. The Balaban J connectivity index is 2.10. The SMILES string of the molecule is CC(C)Oc1cccc(C(Cl)Cc2cccc(Br)c2)c1. The van der Waals surface area contributed by atoms with Crippen molar-refractivity contribution in [3.8, 4) is 5.75 Å². The summed E-state index contributed by atoms with van der Waals surface area (Å²) < 4.78 is 6.79. The molecule has 0 N–H and O–H groups in total. The Kier molecular flexibility index (Phi) is 5.50. The van der Waals surface area contributed by atoms with Crippen LogP contribution in [0, 0.1) is 0 Å². The molecule has 0 heterocycles. The summed E-state index contributed by atoms with van der Waals surface area (Å²) in [5.74, 6) is 0.873. The number of rotatable bonds is 5. The Morgan fingerprint density at radius 3 is 2.55 bits per heavy atom. The molecular formula is C17H18BrClO. The zero-order valence-corrected chi connectivity index (χ0v) is 14.0. The molecule has 0 spiro atoms. The summed E-state index contributed by atoms with van der Waals surface area (Å²) in [7, 11) is 0.